The Balaban J connectivity index is 1.90. The molecule has 0 fully saturated rings. The lowest BCUT2D eigenvalue weighted by Crippen LogP contribution is -2.31. The van der Waals surface area contributed by atoms with E-state index in [1.54, 1.807) is 11.3 Å². The topological polar surface area (TPSA) is 41.1 Å². The molecule has 1 atom stereocenters. The minimum atomic E-state index is -0.0827. The largest absolute Gasteiger partial charge is 0.372 e. The number of carbonyl (C=O) groups excluding carboxylic acids is 1. The van der Waals surface area contributed by atoms with Crippen molar-refractivity contribution in [2.75, 3.05) is 10.6 Å². The van der Waals surface area contributed by atoms with Gasteiger partial charge in [-0.25, -0.2) is 0 Å². The molecule has 1 aliphatic carbocycles. The number of allylic oxidation sites excluding steroid dienone is 1. The molecule has 0 spiro atoms. The number of hydrogen-bond acceptors (Lipinski definition) is 4. The average Bonchev–Trinajstić information content (AvgIpc) is 2.98. The number of aryl methyl sites for hydroxylation is 2. The molecule has 3 nitrogen and oxygen atoms in total. The fraction of sp³-hybridized carbons (Fsp3) is 0.381. The summed E-state index contributed by atoms with van der Waals surface area (Å²) >= 11 is 1.67. The molecule has 130 valence electrons. The number of thiophene rings is 1. The normalized spacial score (nSPS) is 21.8. The molecule has 0 amide bonds. The summed E-state index contributed by atoms with van der Waals surface area (Å²) in [4.78, 5) is 13.1. The summed E-state index contributed by atoms with van der Waals surface area (Å²) < 4.78 is 0. The Labute approximate surface area is 153 Å². The number of rotatable bonds is 1. The van der Waals surface area contributed by atoms with Crippen LogP contribution in [0.5, 0.6) is 0 Å². The quantitative estimate of drug-likeness (QED) is 0.703. The first-order valence-electron chi connectivity index (χ1n) is 8.77. The minimum absolute atomic E-state index is 0.00758. The second-order valence-corrected chi connectivity index (χ2v) is 8.85. The highest BCUT2D eigenvalue weighted by Gasteiger charge is 2.38. The average molecular weight is 353 g/mol. The lowest BCUT2D eigenvalue weighted by molar-refractivity contribution is -0.118. The van der Waals surface area contributed by atoms with Crippen LogP contribution < -0.4 is 10.6 Å². The monoisotopic (exact) mass is 352 g/mol. The Morgan fingerprint density at radius 1 is 1.12 bits per heavy atom. The molecule has 2 aliphatic rings. The SMILES string of the molecule is Cc1cc2c(cc1C)N[C@@H](c1ccsc1)C1=C(CC(C)(C)CC1=O)N2. The summed E-state index contributed by atoms with van der Waals surface area (Å²) in [5.41, 5.74) is 7.79. The minimum Gasteiger partial charge on any atom is -0.372 e. The Morgan fingerprint density at radius 2 is 1.84 bits per heavy atom. The van der Waals surface area contributed by atoms with Crippen LogP contribution in [0.4, 0.5) is 11.4 Å². The summed E-state index contributed by atoms with van der Waals surface area (Å²) in [5, 5.41) is 11.5. The second kappa shape index (κ2) is 5.73. The molecule has 25 heavy (non-hydrogen) atoms. The van der Waals surface area contributed by atoms with Crippen LogP contribution in [-0.2, 0) is 4.79 Å². The zero-order valence-electron chi connectivity index (χ0n) is 15.2. The van der Waals surface area contributed by atoms with Gasteiger partial charge in [-0.15, -0.1) is 0 Å². The fourth-order valence-corrected chi connectivity index (χ4v) is 4.59. The highest BCUT2D eigenvalue weighted by molar-refractivity contribution is 7.08. The molecule has 0 bridgehead atoms. The molecule has 2 heterocycles. The molecule has 0 radical (unpaired) electrons. The van der Waals surface area contributed by atoms with Crippen LogP contribution in [0.15, 0.2) is 40.2 Å². The van der Waals surface area contributed by atoms with Gasteiger partial charge in [0.15, 0.2) is 5.78 Å². The third kappa shape index (κ3) is 2.89. The highest BCUT2D eigenvalue weighted by Crippen LogP contribution is 2.46. The summed E-state index contributed by atoms with van der Waals surface area (Å²) in [6.07, 6.45) is 1.49. The first-order chi connectivity index (χ1) is 11.8. The molecule has 1 aromatic carbocycles. The van der Waals surface area contributed by atoms with Crippen LogP contribution in [0, 0.1) is 19.3 Å². The number of Topliss-reactive ketones (excluding diaryl/α,β-unsaturated/α-hetero) is 1. The molecule has 4 rings (SSSR count). The zero-order chi connectivity index (χ0) is 17.8. The van der Waals surface area contributed by atoms with Crippen molar-refractivity contribution in [1.29, 1.82) is 0 Å². The molecular formula is C21H24N2OS. The van der Waals surface area contributed by atoms with Gasteiger partial charge in [0.2, 0.25) is 0 Å². The molecular weight excluding hydrogens is 328 g/mol. The predicted molar refractivity (Wildman–Crippen MR) is 105 cm³/mol. The Kier molecular flexibility index (Phi) is 3.76. The third-order valence-corrected chi connectivity index (χ3v) is 6.01. The molecule has 2 N–H and O–H groups in total. The molecule has 1 aromatic heterocycles. The molecule has 4 heteroatoms. The van der Waals surface area contributed by atoms with Gasteiger partial charge in [-0.3, -0.25) is 4.79 Å². The van der Waals surface area contributed by atoms with Gasteiger partial charge >= 0.3 is 0 Å². The van der Waals surface area contributed by atoms with Crippen molar-refractivity contribution in [2.45, 2.75) is 46.6 Å². The van der Waals surface area contributed by atoms with E-state index in [-0.39, 0.29) is 17.2 Å². The van der Waals surface area contributed by atoms with Gasteiger partial charge < -0.3 is 10.6 Å². The van der Waals surface area contributed by atoms with Gasteiger partial charge in [0.05, 0.1) is 17.4 Å². The molecule has 2 aromatic rings. The van der Waals surface area contributed by atoms with E-state index in [9.17, 15) is 4.79 Å². The summed E-state index contributed by atoms with van der Waals surface area (Å²) in [5.74, 6) is 0.253. The van der Waals surface area contributed by atoms with Crippen LogP contribution in [-0.4, -0.2) is 5.78 Å². The van der Waals surface area contributed by atoms with Gasteiger partial charge in [0.25, 0.3) is 0 Å². The van der Waals surface area contributed by atoms with E-state index in [4.69, 9.17) is 0 Å². The van der Waals surface area contributed by atoms with Gasteiger partial charge in [0, 0.05) is 17.7 Å². The zero-order valence-corrected chi connectivity index (χ0v) is 16.0. The van der Waals surface area contributed by atoms with Crippen molar-refractivity contribution in [3.8, 4) is 0 Å². The third-order valence-electron chi connectivity index (χ3n) is 5.30. The van der Waals surface area contributed by atoms with Crippen LogP contribution in [0.25, 0.3) is 0 Å². The molecule has 1 aliphatic heterocycles. The number of ketones is 1. The maximum atomic E-state index is 13.1. The molecule has 0 saturated heterocycles. The number of hydrogen-bond donors (Lipinski definition) is 2. The van der Waals surface area contributed by atoms with Gasteiger partial charge in [0.1, 0.15) is 0 Å². The first-order valence-corrected chi connectivity index (χ1v) is 9.71. The van der Waals surface area contributed by atoms with Crippen molar-refractivity contribution >= 4 is 28.5 Å². The van der Waals surface area contributed by atoms with E-state index in [0.29, 0.717) is 6.42 Å². The van der Waals surface area contributed by atoms with Gasteiger partial charge in [-0.05, 0) is 71.3 Å². The van der Waals surface area contributed by atoms with Crippen molar-refractivity contribution in [3.63, 3.8) is 0 Å². The van der Waals surface area contributed by atoms with E-state index < -0.39 is 0 Å². The Bertz CT molecular complexity index is 878. The van der Waals surface area contributed by atoms with Crippen LogP contribution in [0.3, 0.4) is 0 Å². The smallest absolute Gasteiger partial charge is 0.163 e. The lowest BCUT2D eigenvalue weighted by Gasteiger charge is -2.33. The maximum absolute atomic E-state index is 13.1. The molecule has 0 unspecified atom stereocenters. The summed E-state index contributed by atoms with van der Waals surface area (Å²) in [7, 11) is 0. The number of nitrogens with one attached hydrogen (secondary N) is 2. The Hall–Kier alpha value is -2.07. The fourth-order valence-electron chi connectivity index (χ4n) is 3.90. The standard InChI is InChI=1S/C21H24N2OS/c1-12-7-15-16(8-13(12)2)23-20(14-5-6-25-11-14)19-17(22-15)9-21(3,4)10-18(19)24/h5-8,11,20,22-23H,9-10H2,1-4H3/t20-/m0/s1. The van der Waals surface area contributed by atoms with Crippen molar-refractivity contribution in [2.24, 2.45) is 5.41 Å². The van der Waals surface area contributed by atoms with E-state index in [2.05, 4.69) is 67.3 Å². The summed E-state index contributed by atoms with van der Waals surface area (Å²) in [6.45, 7) is 8.61. The van der Waals surface area contributed by atoms with Gasteiger partial charge in [-0.2, -0.15) is 11.3 Å². The van der Waals surface area contributed by atoms with E-state index in [1.807, 2.05) is 0 Å². The van der Waals surface area contributed by atoms with E-state index in [1.165, 1.54) is 16.7 Å². The van der Waals surface area contributed by atoms with Gasteiger partial charge in [-0.1, -0.05) is 13.8 Å². The number of benzene rings is 1. The molecule has 0 saturated carbocycles. The maximum Gasteiger partial charge on any atom is 0.163 e. The second-order valence-electron chi connectivity index (χ2n) is 8.07. The van der Waals surface area contributed by atoms with E-state index >= 15 is 0 Å². The first kappa shape index (κ1) is 16.4. The number of carbonyl (C=O) groups is 1. The predicted octanol–water partition coefficient (Wildman–Crippen LogP) is 5.59. The van der Waals surface area contributed by atoms with Crippen molar-refractivity contribution in [3.05, 3.63) is 56.9 Å². The lowest BCUT2D eigenvalue weighted by atomic mass is 9.73. The Morgan fingerprint density at radius 3 is 2.52 bits per heavy atom. The van der Waals surface area contributed by atoms with Crippen molar-refractivity contribution < 1.29 is 4.79 Å². The number of anilines is 2. The number of fused-ring (bicyclic) bond motifs is 1. The van der Waals surface area contributed by atoms with E-state index in [0.717, 1.165) is 29.1 Å². The van der Waals surface area contributed by atoms with Crippen LogP contribution in [0.2, 0.25) is 0 Å². The highest BCUT2D eigenvalue weighted by atomic mass is 32.1. The van der Waals surface area contributed by atoms with Crippen molar-refractivity contribution in [1.82, 2.24) is 0 Å². The summed E-state index contributed by atoms with van der Waals surface area (Å²) in [6, 6.07) is 6.40. The van der Waals surface area contributed by atoms with Crippen LogP contribution >= 0.6 is 11.3 Å². The van der Waals surface area contributed by atoms with Crippen LogP contribution in [0.1, 0.15) is 49.4 Å².